The largest absolute Gasteiger partial charge is 0.507 e. The van der Waals surface area contributed by atoms with Gasteiger partial charge in [-0.15, -0.1) is 0 Å². The van der Waals surface area contributed by atoms with Crippen LogP contribution in [-0.2, 0) is 25.5 Å². The highest BCUT2D eigenvalue weighted by molar-refractivity contribution is 6.33. The number of benzene rings is 1. The van der Waals surface area contributed by atoms with Gasteiger partial charge in [0.25, 0.3) is 0 Å². The molecule has 3 rings (SSSR count). The number of carbonyl (C=O) groups is 2. The van der Waals surface area contributed by atoms with Crippen molar-refractivity contribution in [3.8, 4) is 11.5 Å². The van der Waals surface area contributed by atoms with E-state index in [1.165, 1.54) is 6.08 Å². The molecule has 1 aromatic carbocycles. The van der Waals surface area contributed by atoms with Crippen molar-refractivity contribution in [2.24, 2.45) is 5.16 Å². The van der Waals surface area contributed by atoms with Crippen LogP contribution in [0.15, 0.2) is 35.5 Å². The molecule has 0 aliphatic carbocycles. The van der Waals surface area contributed by atoms with Gasteiger partial charge in [0.1, 0.15) is 29.3 Å². The molecule has 0 amide bonds. The van der Waals surface area contributed by atoms with E-state index in [1.54, 1.807) is 19.1 Å². The molecule has 0 aromatic heterocycles. The number of epoxide rings is 1. The molecule has 3 atom stereocenters. The quantitative estimate of drug-likeness (QED) is 0.372. The number of aliphatic carboxylic acids is 1. The Kier molecular flexibility index (Phi) is 6.63. The van der Waals surface area contributed by atoms with E-state index in [2.05, 4.69) is 5.16 Å². The van der Waals surface area contributed by atoms with E-state index in [9.17, 15) is 19.8 Å². The van der Waals surface area contributed by atoms with Gasteiger partial charge in [0.15, 0.2) is 0 Å². The number of carbonyl (C=O) groups excluding carboxylic acids is 1. The van der Waals surface area contributed by atoms with Gasteiger partial charge in [-0.1, -0.05) is 35.0 Å². The number of esters is 1. The number of oxime groups is 1. The lowest BCUT2D eigenvalue weighted by Gasteiger charge is -2.17. The molecule has 160 valence electrons. The molecule has 30 heavy (non-hydrogen) atoms. The minimum Gasteiger partial charge on any atom is -0.507 e. The van der Waals surface area contributed by atoms with Crippen molar-refractivity contribution in [2.75, 3.05) is 6.61 Å². The van der Waals surface area contributed by atoms with Crippen LogP contribution in [0.25, 0.3) is 0 Å². The third-order valence-corrected chi connectivity index (χ3v) is 4.87. The van der Waals surface area contributed by atoms with Gasteiger partial charge in [0.05, 0.1) is 16.8 Å². The molecule has 9 nitrogen and oxygen atoms in total. The third-order valence-electron chi connectivity index (χ3n) is 4.45. The molecule has 0 spiro atoms. The van der Waals surface area contributed by atoms with Gasteiger partial charge in [0.2, 0.25) is 6.61 Å². The molecule has 3 N–H and O–H groups in total. The number of cyclic esters (lactones) is 1. The molecule has 3 unspecified atom stereocenters. The van der Waals surface area contributed by atoms with Gasteiger partial charge in [-0.2, -0.15) is 0 Å². The van der Waals surface area contributed by atoms with Crippen molar-refractivity contribution < 1.29 is 39.2 Å². The average Bonchev–Trinajstić information content (AvgIpc) is 3.38. The van der Waals surface area contributed by atoms with Crippen LogP contribution in [0, 0.1) is 0 Å². The lowest BCUT2D eigenvalue weighted by atomic mass is 9.99. The first-order valence-electron chi connectivity index (χ1n) is 9.11. The van der Waals surface area contributed by atoms with Crippen LogP contribution in [0.1, 0.15) is 29.3 Å². The Morgan fingerprint density at radius 2 is 2.10 bits per heavy atom. The summed E-state index contributed by atoms with van der Waals surface area (Å²) in [5.74, 6) is -2.98. The van der Waals surface area contributed by atoms with Crippen LogP contribution >= 0.6 is 11.6 Å². The minimum absolute atomic E-state index is 0.0651. The predicted molar refractivity (Wildman–Crippen MR) is 106 cm³/mol. The average molecular weight is 438 g/mol. The Labute approximate surface area is 176 Å². The van der Waals surface area contributed by atoms with E-state index in [0.29, 0.717) is 6.42 Å². The highest BCUT2D eigenvalue weighted by atomic mass is 35.5. The first-order valence-corrected chi connectivity index (χ1v) is 9.49. The van der Waals surface area contributed by atoms with Gasteiger partial charge in [-0.05, 0) is 18.6 Å². The highest BCUT2D eigenvalue weighted by Crippen LogP contribution is 2.38. The van der Waals surface area contributed by atoms with Crippen molar-refractivity contribution in [1.82, 2.24) is 0 Å². The Hall–Kier alpha value is -3.04. The van der Waals surface area contributed by atoms with Gasteiger partial charge in [0, 0.05) is 18.9 Å². The number of allylic oxidation sites excluding steroid dienone is 3. The van der Waals surface area contributed by atoms with Crippen LogP contribution < -0.4 is 0 Å². The summed E-state index contributed by atoms with van der Waals surface area (Å²) < 4.78 is 10.9. The Bertz CT molecular complexity index is 939. The number of hydrogen-bond acceptors (Lipinski definition) is 8. The number of hydrogen-bond donors (Lipinski definition) is 3. The van der Waals surface area contributed by atoms with Gasteiger partial charge in [-0.25, -0.2) is 9.59 Å². The minimum atomic E-state index is -1.22. The molecule has 1 fully saturated rings. The highest BCUT2D eigenvalue weighted by Gasteiger charge is 2.38. The molecule has 10 heteroatoms. The second-order valence-corrected chi connectivity index (χ2v) is 7.22. The zero-order chi connectivity index (χ0) is 21.8. The van der Waals surface area contributed by atoms with Crippen molar-refractivity contribution >= 4 is 29.3 Å². The molecule has 0 saturated carbocycles. The first-order chi connectivity index (χ1) is 14.3. The summed E-state index contributed by atoms with van der Waals surface area (Å²) in [4.78, 5) is 28.2. The number of phenolic OH excluding ortho intramolecular Hbond substituents is 2. The van der Waals surface area contributed by atoms with Crippen molar-refractivity contribution in [3.63, 3.8) is 0 Å². The van der Waals surface area contributed by atoms with E-state index < -0.39 is 36.1 Å². The zero-order valence-electron chi connectivity index (χ0n) is 15.9. The number of carboxylic acid groups (broad SMARTS) is 1. The molecule has 2 heterocycles. The number of rotatable bonds is 3. The summed E-state index contributed by atoms with van der Waals surface area (Å²) in [6.45, 7) is 1.04. The summed E-state index contributed by atoms with van der Waals surface area (Å²) in [5, 5.41) is 32.6. The SMILES string of the molecule is CC1CC2OC2C=CC=CC(=NOCC(=O)O)Cc2c(Cl)c(O)cc(O)c2C(=O)O1. The van der Waals surface area contributed by atoms with E-state index >= 15 is 0 Å². The molecule has 2 aliphatic heterocycles. The van der Waals surface area contributed by atoms with Crippen LogP contribution in [-0.4, -0.2) is 57.9 Å². The molecule has 0 radical (unpaired) electrons. The van der Waals surface area contributed by atoms with Gasteiger partial charge >= 0.3 is 11.9 Å². The third kappa shape index (κ3) is 5.31. The summed E-state index contributed by atoms with van der Waals surface area (Å²) in [5.41, 5.74) is 0.0420. The van der Waals surface area contributed by atoms with Crippen molar-refractivity contribution in [2.45, 2.75) is 38.1 Å². The number of aromatic hydroxyl groups is 2. The van der Waals surface area contributed by atoms with Crippen LogP contribution in [0.2, 0.25) is 5.02 Å². The fourth-order valence-electron chi connectivity index (χ4n) is 3.02. The van der Waals surface area contributed by atoms with Crippen molar-refractivity contribution in [1.29, 1.82) is 0 Å². The molecule has 2 aliphatic rings. The lowest BCUT2D eigenvalue weighted by Crippen LogP contribution is -2.20. The number of fused-ring (bicyclic) bond motifs is 2. The van der Waals surface area contributed by atoms with E-state index in [-0.39, 0.29) is 40.5 Å². The number of nitrogens with zero attached hydrogens (tertiary/aromatic N) is 1. The lowest BCUT2D eigenvalue weighted by molar-refractivity contribution is -0.142. The first kappa shape index (κ1) is 21.7. The maximum Gasteiger partial charge on any atom is 0.344 e. The van der Waals surface area contributed by atoms with E-state index in [4.69, 9.17) is 31.0 Å². The van der Waals surface area contributed by atoms with Crippen LogP contribution in [0.5, 0.6) is 11.5 Å². The predicted octanol–water partition coefficient (Wildman–Crippen LogP) is 2.58. The maximum absolute atomic E-state index is 12.8. The maximum atomic E-state index is 12.8. The summed E-state index contributed by atoms with van der Waals surface area (Å²) >= 11 is 6.20. The van der Waals surface area contributed by atoms with E-state index in [0.717, 1.165) is 6.07 Å². The topological polar surface area (TPSA) is 138 Å². The Morgan fingerprint density at radius 3 is 2.83 bits per heavy atom. The van der Waals surface area contributed by atoms with Crippen LogP contribution in [0.3, 0.4) is 0 Å². The molecular formula is C20H20ClNO8. The van der Waals surface area contributed by atoms with Gasteiger partial charge in [-0.3, -0.25) is 0 Å². The number of phenols is 2. The fraction of sp³-hybridized carbons (Fsp3) is 0.350. The summed E-state index contributed by atoms with van der Waals surface area (Å²) in [6, 6.07) is 0.951. The van der Waals surface area contributed by atoms with Gasteiger partial charge < -0.3 is 29.6 Å². The second-order valence-electron chi connectivity index (χ2n) is 6.84. The molecular weight excluding hydrogens is 418 g/mol. The smallest absolute Gasteiger partial charge is 0.344 e. The standard InChI is InChI=1S/C20H20ClNO8/c1-10-6-16-15(30-16)5-3-2-4-11(22-28-9-17(25)26)7-12-18(20(27)29-10)13(23)8-14(24)19(12)21/h2-5,8,10,15-16,23-24H,6-7,9H2,1H3,(H,25,26). The Balaban J connectivity index is 2.03. The Morgan fingerprint density at radius 1 is 1.33 bits per heavy atom. The van der Waals surface area contributed by atoms with Crippen LogP contribution in [0.4, 0.5) is 0 Å². The monoisotopic (exact) mass is 437 g/mol. The number of carboxylic acids is 1. The zero-order valence-corrected chi connectivity index (χ0v) is 16.7. The summed E-state index contributed by atoms with van der Waals surface area (Å²) in [6.07, 6.45) is 6.37. The summed E-state index contributed by atoms with van der Waals surface area (Å²) in [7, 11) is 0. The molecule has 1 saturated heterocycles. The molecule has 0 bridgehead atoms. The number of ether oxygens (including phenoxy) is 2. The molecule has 1 aromatic rings. The van der Waals surface area contributed by atoms with E-state index in [1.807, 2.05) is 6.08 Å². The normalized spacial score (nSPS) is 25.1. The van der Waals surface area contributed by atoms with Crippen molar-refractivity contribution in [3.05, 3.63) is 46.5 Å². The fourth-order valence-corrected chi connectivity index (χ4v) is 3.24. The number of halogens is 1. The second kappa shape index (κ2) is 9.19.